The van der Waals surface area contributed by atoms with Gasteiger partial charge in [-0.05, 0) is 12.0 Å². The van der Waals surface area contributed by atoms with E-state index in [1.165, 1.54) is 5.56 Å². The molecule has 1 heterocycles. The molecule has 0 aliphatic carbocycles. The lowest BCUT2D eigenvalue weighted by atomic mass is 10.1. The topological polar surface area (TPSA) is 17.8 Å². The van der Waals surface area contributed by atoms with Crippen molar-refractivity contribution in [2.75, 3.05) is 0 Å². The van der Waals surface area contributed by atoms with Crippen LogP contribution in [0, 0.1) is 6.33 Å². The molecule has 0 bridgehead atoms. The van der Waals surface area contributed by atoms with Gasteiger partial charge in [-0.2, -0.15) is 0 Å². The normalized spacial score (nSPS) is 10.2. The molecular formula is C11H11N2. The maximum Gasteiger partial charge on any atom is 0.176 e. The Labute approximate surface area is 77.9 Å². The molecule has 0 saturated heterocycles. The fourth-order valence-corrected chi connectivity index (χ4v) is 1.27. The van der Waals surface area contributed by atoms with Crippen molar-refractivity contribution in [3.63, 3.8) is 0 Å². The van der Waals surface area contributed by atoms with Gasteiger partial charge in [0, 0.05) is 18.9 Å². The Morgan fingerprint density at radius 3 is 2.77 bits per heavy atom. The van der Waals surface area contributed by atoms with E-state index in [2.05, 4.69) is 35.6 Å². The van der Waals surface area contributed by atoms with Gasteiger partial charge in [0.15, 0.2) is 6.33 Å². The molecule has 1 radical (unpaired) electrons. The molecule has 0 aliphatic heterocycles. The van der Waals surface area contributed by atoms with Gasteiger partial charge in [-0.1, -0.05) is 30.3 Å². The fourth-order valence-electron chi connectivity index (χ4n) is 1.27. The molecule has 1 aromatic heterocycles. The maximum absolute atomic E-state index is 3.87. The number of imidazole rings is 1. The molecule has 0 unspecified atom stereocenters. The number of hydrogen-bond donors (Lipinski definition) is 0. The highest BCUT2D eigenvalue weighted by Crippen LogP contribution is 2.00. The number of aryl methyl sites for hydroxylation is 2. The molecular weight excluding hydrogens is 160 g/mol. The lowest BCUT2D eigenvalue weighted by Crippen LogP contribution is -1.98. The van der Waals surface area contributed by atoms with Crippen LogP contribution < -0.4 is 0 Å². The molecule has 0 amide bonds. The van der Waals surface area contributed by atoms with E-state index >= 15 is 0 Å². The van der Waals surface area contributed by atoms with Gasteiger partial charge in [0.05, 0.1) is 0 Å². The Bertz CT molecular complexity index is 338. The van der Waals surface area contributed by atoms with Crippen LogP contribution in [-0.2, 0) is 13.0 Å². The zero-order valence-corrected chi connectivity index (χ0v) is 7.35. The quantitative estimate of drug-likeness (QED) is 0.690. The zero-order valence-electron chi connectivity index (χ0n) is 7.35. The monoisotopic (exact) mass is 171 g/mol. The van der Waals surface area contributed by atoms with Crippen molar-refractivity contribution < 1.29 is 0 Å². The highest BCUT2D eigenvalue weighted by Gasteiger charge is 1.92. The molecule has 1 aromatic carbocycles. The van der Waals surface area contributed by atoms with E-state index in [0.29, 0.717) is 0 Å². The van der Waals surface area contributed by atoms with Crippen LogP contribution in [0.25, 0.3) is 0 Å². The van der Waals surface area contributed by atoms with Crippen molar-refractivity contribution in [2.24, 2.45) is 0 Å². The third-order valence-electron chi connectivity index (χ3n) is 1.99. The van der Waals surface area contributed by atoms with E-state index in [0.717, 1.165) is 13.0 Å². The first-order valence-electron chi connectivity index (χ1n) is 4.38. The molecule has 65 valence electrons. The minimum atomic E-state index is 0.948. The summed E-state index contributed by atoms with van der Waals surface area (Å²) in [5, 5.41) is 0. The summed E-state index contributed by atoms with van der Waals surface area (Å²) in [6.07, 6.45) is 7.60. The minimum Gasteiger partial charge on any atom is -0.328 e. The van der Waals surface area contributed by atoms with Crippen LogP contribution in [0.15, 0.2) is 42.7 Å². The van der Waals surface area contributed by atoms with Crippen molar-refractivity contribution in [2.45, 2.75) is 13.0 Å². The number of rotatable bonds is 3. The Kier molecular flexibility index (Phi) is 2.41. The van der Waals surface area contributed by atoms with Crippen molar-refractivity contribution in [3.05, 3.63) is 54.6 Å². The highest BCUT2D eigenvalue weighted by atomic mass is 15.0. The molecule has 0 aliphatic rings. The van der Waals surface area contributed by atoms with Crippen LogP contribution >= 0.6 is 0 Å². The van der Waals surface area contributed by atoms with E-state index in [9.17, 15) is 0 Å². The van der Waals surface area contributed by atoms with Gasteiger partial charge >= 0.3 is 0 Å². The van der Waals surface area contributed by atoms with Crippen LogP contribution in [0.5, 0.6) is 0 Å². The van der Waals surface area contributed by atoms with Crippen molar-refractivity contribution in [1.29, 1.82) is 0 Å². The SMILES string of the molecule is [c]1nccn1CCc1ccccc1. The Hall–Kier alpha value is -1.57. The summed E-state index contributed by atoms with van der Waals surface area (Å²) in [6.45, 7) is 0.948. The largest absolute Gasteiger partial charge is 0.328 e. The molecule has 2 heteroatoms. The average molecular weight is 171 g/mol. The van der Waals surface area contributed by atoms with Crippen LogP contribution in [0.2, 0.25) is 0 Å². The van der Waals surface area contributed by atoms with E-state index in [1.807, 2.05) is 16.8 Å². The summed E-state index contributed by atoms with van der Waals surface area (Å²) in [7, 11) is 0. The first-order valence-corrected chi connectivity index (χ1v) is 4.38. The van der Waals surface area contributed by atoms with Crippen LogP contribution in [-0.4, -0.2) is 9.55 Å². The Morgan fingerprint density at radius 2 is 2.08 bits per heavy atom. The van der Waals surface area contributed by atoms with Crippen LogP contribution in [0.3, 0.4) is 0 Å². The first kappa shape index (κ1) is 8.05. The lowest BCUT2D eigenvalue weighted by Gasteiger charge is -2.00. The van der Waals surface area contributed by atoms with Gasteiger partial charge in [0.25, 0.3) is 0 Å². The summed E-state index contributed by atoms with van der Waals surface area (Å²) < 4.78 is 1.97. The van der Waals surface area contributed by atoms with Crippen molar-refractivity contribution >= 4 is 0 Å². The van der Waals surface area contributed by atoms with Gasteiger partial charge in [0.2, 0.25) is 0 Å². The lowest BCUT2D eigenvalue weighted by molar-refractivity contribution is 0.690. The summed E-state index contributed by atoms with van der Waals surface area (Å²) in [5.74, 6) is 0. The second-order valence-electron chi connectivity index (χ2n) is 2.96. The number of aromatic nitrogens is 2. The van der Waals surface area contributed by atoms with Gasteiger partial charge in [-0.3, -0.25) is 0 Å². The predicted octanol–water partition coefficient (Wildman–Crippen LogP) is 1.93. The third kappa shape index (κ3) is 2.18. The molecule has 2 aromatic rings. The van der Waals surface area contributed by atoms with Crippen molar-refractivity contribution in [1.82, 2.24) is 9.55 Å². The second kappa shape index (κ2) is 3.90. The van der Waals surface area contributed by atoms with Crippen molar-refractivity contribution in [3.8, 4) is 0 Å². The number of benzene rings is 1. The molecule has 0 saturated carbocycles. The van der Waals surface area contributed by atoms with E-state index in [1.54, 1.807) is 6.20 Å². The molecule has 0 atom stereocenters. The summed E-state index contributed by atoms with van der Waals surface area (Å²) in [4.78, 5) is 3.87. The third-order valence-corrected chi connectivity index (χ3v) is 1.99. The molecule has 2 rings (SSSR count). The zero-order chi connectivity index (χ0) is 8.93. The predicted molar refractivity (Wildman–Crippen MR) is 51.2 cm³/mol. The Balaban J connectivity index is 1.94. The molecule has 0 fully saturated rings. The maximum atomic E-state index is 3.87. The standard InChI is InChI=1S/C11H11N2/c1-2-4-11(5-3-1)6-8-13-9-7-12-10-13/h1-5,7,9H,6,8H2. The highest BCUT2D eigenvalue weighted by molar-refractivity contribution is 5.14. The number of nitrogens with zero attached hydrogens (tertiary/aromatic N) is 2. The molecule has 0 N–H and O–H groups in total. The van der Waals surface area contributed by atoms with Gasteiger partial charge < -0.3 is 4.57 Å². The smallest absolute Gasteiger partial charge is 0.176 e. The fraction of sp³-hybridized carbons (Fsp3) is 0.182. The second-order valence-corrected chi connectivity index (χ2v) is 2.96. The first-order chi connectivity index (χ1) is 6.45. The summed E-state index contributed by atoms with van der Waals surface area (Å²) in [5.41, 5.74) is 1.35. The molecule has 2 nitrogen and oxygen atoms in total. The van der Waals surface area contributed by atoms with E-state index in [4.69, 9.17) is 0 Å². The average Bonchev–Trinajstić information content (AvgIpc) is 2.69. The van der Waals surface area contributed by atoms with Crippen LogP contribution in [0.1, 0.15) is 5.56 Å². The van der Waals surface area contributed by atoms with Crippen LogP contribution in [0.4, 0.5) is 0 Å². The minimum absolute atomic E-state index is 0.948. The number of hydrogen-bond acceptors (Lipinski definition) is 1. The van der Waals surface area contributed by atoms with Gasteiger partial charge in [-0.15, -0.1) is 0 Å². The Morgan fingerprint density at radius 1 is 1.23 bits per heavy atom. The van der Waals surface area contributed by atoms with E-state index in [-0.39, 0.29) is 0 Å². The summed E-state index contributed by atoms with van der Waals surface area (Å²) >= 11 is 0. The summed E-state index contributed by atoms with van der Waals surface area (Å²) in [6, 6.07) is 10.4. The van der Waals surface area contributed by atoms with Gasteiger partial charge in [0.1, 0.15) is 0 Å². The molecule has 13 heavy (non-hydrogen) atoms. The molecule has 0 spiro atoms. The van der Waals surface area contributed by atoms with E-state index < -0.39 is 0 Å². The van der Waals surface area contributed by atoms with Gasteiger partial charge in [-0.25, -0.2) is 4.98 Å².